The van der Waals surface area contributed by atoms with Crippen LogP contribution in [0.15, 0.2) is 36.8 Å². The van der Waals surface area contributed by atoms with Gasteiger partial charge in [0.2, 0.25) is 0 Å². The summed E-state index contributed by atoms with van der Waals surface area (Å²) >= 11 is 0. The normalized spacial score (nSPS) is 19.1. The average Bonchev–Trinajstić information content (AvgIpc) is 2.76. The van der Waals surface area contributed by atoms with Gasteiger partial charge in [-0.2, -0.15) is 0 Å². The number of hydrogen-bond acceptors (Lipinski definition) is 3. The highest BCUT2D eigenvalue weighted by atomic mass is 19.3. The Labute approximate surface area is 122 Å². The van der Waals surface area contributed by atoms with Gasteiger partial charge in [0, 0.05) is 31.9 Å². The second-order valence-electron chi connectivity index (χ2n) is 5.13. The van der Waals surface area contributed by atoms with E-state index in [0.717, 1.165) is 5.69 Å². The fourth-order valence-electron chi connectivity index (χ4n) is 2.68. The van der Waals surface area contributed by atoms with Crippen molar-refractivity contribution in [3.8, 4) is 5.75 Å². The van der Waals surface area contributed by atoms with Crippen LogP contribution in [0.2, 0.25) is 0 Å². The van der Waals surface area contributed by atoms with E-state index in [9.17, 15) is 8.78 Å². The second kappa shape index (κ2) is 5.81. The number of fused-ring (bicyclic) bond motifs is 1. The van der Waals surface area contributed by atoms with Gasteiger partial charge in [-0.15, -0.1) is 0 Å². The van der Waals surface area contributed by atoms with E-state index in [0.29, 0.717) is 31.0 Å². The van der Waals surface area contributed by atoms with Crippen molar-refractivity contribution in [3.05, 3.63) is 48.0 Å². The molecule has 0 radical (unpaired) electrons. The van der Waals surface area contributed by atoms with Gasteiger partial charge in [0.05, 0.1) is 12.0 Å². The largest absolute Gasteiger partial charge is 0.492 e. The van der Waals surface area contributed by atoms with Gasteiger partial charge in [0.25, 0.3) is 6.43 Å². The van der Waals surface area contributed by atoms with Crippen LogP contribution < -0.4 is 4.74 Å². The first-order chi connectivity index (χ1) is 10.2. The van der Waals surface area contributed by atoms with Crippen molar-refractivity contribution < 1.29 is 13.5 Å². The van der Waals surface area contributed by atoms with Gasteiger partial charge < -0.3 is 9.30 Å². The zero-order chi connectivity index (χ0) is 14.8. The molecule has 2 aromatic rings. The van der Waals surface area contributed by atoms with Gasteiger partial charge in [-0.1, -0.05) is 18.2 Å². The third kappa shape index (κ3) is 2.76. The molecule has 4 nitrogen and oxygen atoms in total. The van der Waals surface area contributed by atoms with E-state index in [1.54, 1.807) is 41.7 Å². The van der Waals surface area contributed by atoms with Gasteiger partial charge in [0.1, 0.15) is 18.4 Å². The number of rotatable bonds is 3. The summed E-state index contributed by atoms with van der Waals surface area (Å²) in [6, 6.07) is 6.08. The quantitative estimate of drug-likeness (QED) is 0.871. The molecule has 1 aliphatic heterocycles. The minimum atomic E-state index is -2.47. The fraction of sp³-hybridized carbons (Fsp3) is 0.400. The summed E-state index contributed by atoms with van der Waals surface area (Å²) in [6.07, 6.45) is 0.913. The molecule has 0 N–H and O–H groups in total. The summed E-state index contributed by atoms with van der Waals surface area (Å²) < 4.78 is 34.7. The molecule has 0 spiro atoms. The molecule has 21 heavy (non-hydrogen) atoms. The first-order valence-corrected chi connectivity index (χ1v) is 6.86. The van der Waals surface area contributed by atoms with Crippen LogP contribution in [0.4, 0.5) is 8.78 Å². The van der Waals surface area contributed by atoms with Crippen LogP contribution in [0, 0.1) is 0 Å². The summed E-state index contributed by atoms with van der Waals surface area (Å²) in [5.74, 6) is 0.551. The van der Waals surface area contributed by atoms with Crippen LogP contribution >= 0.6 is 0 Å². The third-order valence-electron chi connectivity index (χ3n) is 3.79. The highest BCUT2D eigenvalue weighted by molar-refractivity contribution is 5.37. The van der Waals surface area contributed by atoms with Crippen LogP contribution in [0.1, 0.15) is 17.3 Å². The van der Waals surface area contributed by atoms with Gasteiger partial charge in [0.15, 0.2) is 0 Å². The van der Waals surface area contributed by atoms with Crippen LogP contribution in [0.5, 0.6) is 5.75 Å². The van der Waals surface area contributed by atoms with E-state index in [2.05, 4.69) is 4.98 Å². The molecular weight excluding hydrogens is 276 g/mol. The highest BCUT2D eigenvalue weighted by Gasteiger charge is 2.33. The number of benzene rings is 1. The lowest BCUT2D eigenvalue weighted by atomic mass is 10.0. The molecule has 0 saturated carbocycles. The van der Waals surface area contributed by atoms with Crippen molar-refractivity contribution in [2.45, 2.75) is 19.0 Å². The number of para-hydroxylation sites is 1. The summed E-state index contributed by atoms with van der Waals surface area (Å²) in [4.78, 5) is 5.80. The maximum Gasteiger partial charge on any atom is 0.258 e. The van der Waals surface area contributed by atoms with Gasteiger partial charge >= 0.3 is 0 Å². The lowest BCUT2D eigenvalue weighted by molar-refractivity contribution is 0.0197. The van der Waals surface area contributed by atoms with Crippen LogP contribution in [-0.2, 0) is 13.6 Å². The maximum atomic E-state index is 13.6. The Morgan fingerprint density at radius 1 is 1.38 bits per heavy atom. The standard InChI is InChI=1S/C15H17F2N3O/c1-19-10-18-8-11(19)9-20-6-7-21-13-5-3-2-4-12(13)14(20)15(16)17/h2-5,8,10,14-15H,6-7,9H2,1H3. The third-order valence-corrected chi connectivity index (χ3v) is 3.79. The number of imidazole rings is 1. The SMILES string of the molecule is Cn1cncc1CN1CCOc2ccccc2C1C(F)F. The minimum Gasteiger partial charge on any atom is -0.492 e. The van der Waals surface area contributed by atoms with Crippen molar-refractivity contribution in [2.75, 3.05) is 13.2 Å². The highest BCUT2D eigenvalue weighted by Crippen LogP contribution is 2.36. The molecule has 0 aliphatic carbocycles. The van der Waals surface area contributed by atoms with Crippen molar-refractivity contribution >= 4 is 0 Å². The molecule has 0 saturated heterocycles. The van der Waals surface area contributed by atoms with Crippen LogP contribution in [-0.4, -0.2) is 34.0 Å². The van der Waals surface area contributed by atoms with Gasteiger partial charge in [-0.25, -0.2) is 13.8 Å². The monoisotopic (exact) mass is 293 g/mol. The summed E-state index contributed by atoms with van der Waals surface area (Å²) in [6.45, 7) is 1.27. The lowest BCUT2D eigenvalue weighted by Crippen LogP contribution is -2.34. The molecule has 0 bridgehead atoms. The van der Waals surface area contributed by atoms with Crippen molar-refractivity contribution in [1.29, 1.82) is 0 Å². The number of halogens is 2. The topological polar surface area (TPSA) is 30.3 Å². The second-order valence-corrected chi connectivity index (χ2v) is 5.13. The van der Waals surface area contributed by atoms with E-state index < -0.39 is 12.5 Å². The Hall–Kier alpha value is -1.95. The number of alkyl halides is 2. The molecule has 1 aromatic heterocycles. The summed E-state index contributed by atoms with van der Waals surface area (Å²) in [5.41, 5.74) is 1.45. The fourth-order valence-corrected chi connectivity index (χ4v) is 2.68. The Kier molecular flexibility index (Phi) is 3.88. The zero-order valence-electron chi connectivity index (χ0n) is 11.7. The smallest absolute Gasteiger partial charge is 0.258 e. The molecule has 0 amide bonds. The number of hydrogen-bond donors (Lipinski definition) is 0. The Bertz CT molecular complexity index is 614. The summed E-state index contributed by atoms with van der Waals surface area (Å²) in [5, 5.41) is 0. The molecule has 112 valence electrons. The predicted octanol–water partition coefficient (Wildman–Crippen LogP) is 2.62. The number of aryl methyl sites for hydroxylation is 1. The van der Waals surface area contributed by atoms with Gasteiger partial charge in [-0.3, -0.25) is 4.90 Å². The molecule has 2 heterocycles. The molecule has 1 aromatic carbocycles. The molecule has 6 heteroatoms. The van der Waals surface area contributed by atoms with Crippen molar-refractivity contribution in [2.24, 2.45) is 7.05 Å². The number of aromatic nitrogens is 2. The zero-order valence-corrected chi connectivity index (χ0v) is 11.7. The number of nitrogens with zero attached hydrogens (tertiary/aromatic N) is 3. The first kappa shape index (κ1) is 14.0. The first-order valence-electron chi connectivity index (χ1n) is 6.86. The Morgan fingerprint density at radius 2 is 2.19 bits per heavy atom. The predicted molar refractivity (Wildman–Crippen MR) is 74.3 cm³/mol. The average molecular weight is 293 g/mol. The molecular formula is C15H17F2N3O. The molecule has 1 atom stereocenters. The number of ether oxygens (including phenoxy) is 1. The Morgan fingerprint density at radius 3 is 2.90 bits per heavy atom. The van der Waals surface area contributed by atoms with E-state index in [-0.39, 0.29) is 0 Å². The van der Waals surface area contributed by atoms with Crippen LogP contribution in [0.25, 0.3) is 0 Å². The van der Waals surface area contributed by atoms with Crippen LogP contribution in [0.3, 0.4) is 0 Å². The van der Waals surface area contributed by atoms with E-state index >= 15 is 0 Å². The molecule has 0 fully saturated rings. The molecule has 3 rings (SSSR count). The Balaban J connectivity index is 1.94. The molecule has 1 aliphatic rings. The van der Waals surface area contributed by atoms with E-state index in [4.69, 9.17) is 4.74 Å². The minimum absolute atomic E-state index is 0.401. The van der Waals surface area contributed by atoms with E-state index in [1.807, 2.05) is 11.6 Å². The van der Waals surface area contributed by atoms with Crippen molar-refractivity contribution in [3.63, 3.8) is 0 Å². The van der Waals surface area contributed by atoms with Crippen molar-refractivity contribution in [1.82, 2.24) is 14.5 Å². The molecule has 1 unspecified atom stereocenters. The summed E-state index contributed by atoms with van der Waals surface area (Å²) in [7, 11) is 1.86. The lowest BCUT2D eigenvalue weighted by Gasteiger charge is -2.29. The maximum absolute atomic E-state index is 13.6. The van der Waals surface area contributed by atoms with Gasteiger partial charge in [-0.05, 0) is 6.07 Å². The van der Waals surface area contributed by atoms with E-state index in [1.165, 1.54) is 0 Å².